The summed E-state index contributed by atoms with van der Waals surface area (Å²) in [6.45, 7) is 4.79. The van der Waals surface area contributed by atoms with Crippen molar-refractivity contribution in [3.63, 3.8) is 0 Å². The second kappa shape index (κ2) is 10.1. The van der Waals surface area contributed by atoms with E-state index in [1.54, 1.807) is 6.92 Å². The molecule has 1 aliphatic rings. The Labute approximate surface area is 188 Å². The summed E-state index contributed by atoms with van der Waals surface area (Å²) in [4.78, 5) is 14.7. The Balaban J connectivity index is 1.55. The zero-order valence-corrected chi connectivity index (χ0v) is 18.3. The Kier molecular flexibility index (Phi) is 7.01. The zero-order valence-electron chi connectivity index (χ0n) is 17.5. The van der Waals surface area contributed by atoms with Crippen molar-refractivity contribution in [2.75, 3.05) is 36.5 Å². The van der Waals surface area contributed by atoms with Gasteiger partial charge in [-0.2, -0.15) is 0 Å². The lowest BCUT2D eigenvalue weighted by molar-refractivity contribution is -0.115. The highest BCUT2D eigenvalue weighted by Gasteiger charge is 2.25. The molecule has 10 heteroatoms. The third-order valence-corrected chi connectivity index (χ3v) is 6.12. The maximum atomic E-state index is 13.9. The number of carbonyl (C=O) groups is 1. The summed E-state index contributed by atoms with van der Waals surface area (Å²) in [5, 5.41) is 10.9. The number of nitrogens with zero attached hydrogens (tertiary/aromatic N) is 4. The molecule has 2 heterocycles. The van der Waals surface area contributed by atoms with Crippen LogP contribution in [0.1, 0.15) is 12.5 Å². The topological polar surface area (TPSA) is 72.3 Å². The molecule has 2 aromatic carbocycles. The summed E-state index contributed by atoms with van der Waals surface area (Å²) < 4.78 is 35.2. The first kappa shape index (κ1) is 22.2. The summed E-state index contributed by atoms with van der Waals surface area (Å²) in [7, 11) is 0. The fourth-order valence-electron chi connectivity index (χ4n) is 3.32. The molecule has 1 aromatic heterocycles. The van der Waals surface area contributed by atoms with Crippen LogP contribution in [-0.4, -0.2) is 52.2 Å². The van der Waals surface area contributed by atoms with Crippen LogP contribution in [0.4, 0.5) is 20.4 Å². The van der Waals surface area contributed by atoms with E-state index in [-0.39, 0.29) is 0 Å². The number of hydrogen-bond donors (Lipinski definition) is 1. The molecule has 3 aromatic rings. The number of halogens is 2. The van der Waals surface area contributed by atoms with Crippen molar-refractivity contribution in [1.29, 1.82) is 0 Å². The molecular formula is C22H23F2N5O2S. The minimum absolute atomic E-state index is 0.454. The number of nitrogens with one attached hydrogen (secondary N) is 1. The molecule has 1 amide bonds. The number of rotatable bonds is 7. The number of aromatic nitrogens is 3. The monoisotopic (exact) mass is 459 g/mol. The molecule has 0 saturated carbocycles. The lowest BCUT2D eigenvalue weighted by atomic mass is 10.2. The number of carbonyl (C=O) groups excluding carboxylic acids is 1. The van der Waals surface area contributed by atoms with Crippen LogP contribution in [0.15, 0.2) is 53.7 Å². The Bertz CT molecular complexity index is 1050. The first-order valence-corrected chi connectivity index (χ1v) is 11.1. The molecule has 7 nitrogen and oxygen atoms in total. The van der Waals surface area contributed by atoms with Gasteiger partial charge in [-0.05, 0) is 24.6 Å². The van der Waals surface area contributed by atoms with Crippen molar-refractivity contribution in [3.8, 4) is 0 Å². The lowest BCUT2D eigenvalue weighted by Gasteiger charge is -2.28. The predicted octanol–water partition coefficient (Wildman–Crippen LogP) is 3.56. The van der Waals surface area contributed by atoms with E-state index in [0.717, 1.165) is 17.7 Å². The SMILES string of the molecule is CC(Sc1nnc(N2CCOCC2)n1Cc1ccccc1)C(=O)Nc1c(F)cccc1F. The average Bonchev–Trinajstić information content (AvgIpc) is 3.19. The van der Waals surface area contributed by atoms with Crippen LogP contribution in [0.25, 0.3) is 0 Å². The second-order valence-corrected chi connectivity index (χ2v) is 8.61. The molecule has 1 fully saturated rings. The van der Waals surface area contributed by atoms with Gasteiger partial charge in [-0.1, -0.05) is 48.2 Å². The van der Waals surface area contributed by atoms with Gasteiger partial charge >= 0.3 is 0 Å². The third kappa shape index (κ3) is 5.08. The Morgan fingerprint density at radius 3 is 2.47 bits per heavy atom. The van der Waals surface area contributed by atoms with E-state index in [0.29, 0.717) is 44.0 Å². The molecule has 0 spiro atoms. The Morgan fingerprint density at radius 1 is 1.09 bits per heavy atom. The number of para-hydroxylation sites is 1. The number of hydrogen-bond acceptors (Lipinski definition) is 6. The number of anilines is 2. The first-order chi connectivity index (χ1) is 15.5. The number of ether oxygens (including phenoxy) is 1. The predicted molar refractivity (Wildman–Crippen MR) is 119 cm³/mol. The normalized spacial score (nSPS) is 14.9. The van der Waals surface area contributed by atoms with Gasteiger partial charge in [0.1, 0.15) is 17.3 Å². The minimum Gasteiger partial charge on any atom is -0.378 e. The summed E-state index contributed by atoms with van der Waals surface area (Å²) >= 11 is 1.19. The molecule has 0 aliphatic carbocycles. The first-order valence-electron chi connectivity index (χ1n) is 10.2. The summed E-state index contributed by atoms with van der Waals surface area (Å²) in [6.07, 6.45) is 0. The van der Waals surface area contributed by atoms with E-state index in [9.17, 15) is 13.6 Å². The summed E-state index contributed by atoms with van der Waals surface area (Å²) in [5.41, 5.74) is 0.610. The quantitative estimate of drug-likeness (QED) is 0.545. The fourth-order valence-corrected chi connectivity index (χ4v) is 4.17. The van der Waals surface area contributed by atoms with Crippen molar-refractivity contribution in [2.45, 2.75) is 23.9 Å². The molecule has 1 N–H and O–H groups in total. The number of benzene rings is 2. The Hall–Kier alpha value is -2.98. The fraction of sp³-hybridized carbons (Fsp3) is 0.318. The van der Waals surface area contributed by atoms with Gasteiger partial charge in [-0.3, -0.25) is 9.36 Å². The van der Waals surface area contributed by atoms with E-state index in [4.69, 9.17) is 4.74 Å². The molecular weight excluding hydrogens is 436 g/mol. The van der Waals surface area contributed by atoms with Gasteiger partial charge in [-0.15, -0.1) is 10.2 Å². The van der Waals surface area contributed by atoms with E-state index >= 15 is 0 Å². The van der Waals surface area contributed by atoms with Crippen LogP contribution in [0.2, 0.25) is 0 Å². The molecule has 32 heavy (non-hydrogen) atoms. The minimum atomic E-state index is -0.822. The van der Waals surface area contributed by atoms with Gasteiger partial charge in [0.25, 0.3) is 0 Å². The summed E-state index contributed by atoms with van der Waals surface area (Å²) in [5.74, 6) is -1.47. The van der Waals surface area contributed by atoms with Crippen LogP contribution in [-0.2, 0) is 16.1 Å². The van der Waals surface area contributed by atoms with Crippen LogP contribution >= 0.6 is 11.8 Å². The van der Waals surface area contributed by atoms with Crippen LogP contribution in [0, 0.1) is 11.6 Å². The van der Waals surface area contributed by atoms with E-state index in [2.05, 4.69) is 20.4 Å². The standard InChI is InChI=1S/C22H23F2N5O2S/c1-15(20(30)25-19-17(23)8-5-9-18(19)24)32-22-27-26-21(28-10-12-31-13-11-28)29(22)14-16-6-3-2-4-7-16/h2-9,15H,10-14H2,1H3,(H,25,30). The van der Waals surface area contributed by atoms with Gasteiger partial charge in [0.05, 0.1) is 25.0 Å². The highest BCUT2D eigenvalue weighted by Crippen LogP contribution is 2.28. The Morgan fingerprint density at radius 2 is 1.78 bits per heavy atom. The van der Waals surface area contributed by atoms with Crippen molar-refractivity contribution >= 4 is 29.3 Å². The van der Waals surface area contributed by atoms with Gasteiger partial charge in [0.2, 0.25) is 11.9 Å². The van der Waals surface area contributed by atoms with Gasteiger partial charge < -0.3 is 15.0 Å². The number of amides is 1. The molecule has 0 radical (unpaired) electrons. The molecule has 4 rings (SSSR count). The average molecular weight is 460 g/mol. The van der Waals surface area contributed by atoms with Gasteiger partial charge in [0.15, 0.2) is 5.16 Å². The molecule has 1 saturated heterocycles. The van der Waals surface area contributed by atoms with E-state index in [1.807, 2.05) is 34.9 Å². The molecule has 1 unspecified atom stereocenters. The van der Waals surface area contributed by atoms with E-state index < -0.39 is 28.5 Å². The third-order valence-electron chi connectivity index (χ3n) is 5.04. The molecule has 0 bridgehead atoms. The van der Waals surface area contributed by atoms with Gasteiger partial charge in [0, 0.05) is 13.1 Å². The van der Waals surface area contributed by atoms with Crippen molar-refractivity contribution in [3.05, 3.63) is 65.7 Å². The van der Waals surface area contributed by atoms with Crippen molar-refractivity contribution in [1.82, 2.24) is 14.8 Å². The van der Waals surface area contributed by atoms with Crippen LogP contribution < -0.4 is 10.2 Å². The largest absolute Gasteiger partial charge is 0.378 e. The smallest absolute Gasteiger partial charge is 0.237 e. The maximum Gasteiger partial charge on any atom is 0.237 e. The highest BCUT2D eigenvalue weighted by atomic mass is 32.2. The summed E-state index contributed by atoms with van der Waals surface area (Å²) in [6, 6.07) is 13.3. The molecule has 168 valence electrons. The van der Waals surface area contributed by atoms with Crippen LogP contribution in [0.3, 0.4) is 0 Å². The van der Waals surface area contributed by atoms with Crippen molar-refractivity contribution in [2.24, 2.45) is 0 Å². The lowest BCUT2D eigenvalue weighted by Crippen LogP contribution is -2.38. The number of thioether (sulfide) groups is 1. The second-order valence-electron chi connectivity index (χ2n) is 7.30. The van der Waals surface area contributed by atoms with Gasteiger partial charge in [-0.25, -0.2) is 8.78 Å². The molecule has 1 atom stereocenters. The maximum absolute atomic E-state index is 13.9. The van der Waals surface area contributed by atoms with Crippen LogP contribution in [0.5, 0.6) is 0 Å². The zero-order chi connectivity index (χ0) is 22.5. The molecule has 1 aliphatic heterocycles. The van der Waals surface area contributed by atoms with Crippen molar-refractivity contribution < 1.29 is 18.3 Å². The highest BCUT2D eigenvalue weighted by molar-refractivity contribution is 8.00. The number of morpholine rings is 1. The van der Waals surface area contributed by atoms with E-state index in [1.165, 1.54) is 17.8 Å².